The minimum absolute atomic E-state index is 0.186. The number of alkyl halides is 2. The maximum Gasteiger partial charge on any atom is 0.428 e. The lowest BCUT2D eigenvalue weighted by atomic mass is 9.99. The van der Waals surface area contributed by atoms with Crippen LogP contribution in [0.3, 0.4) is 0 Å². The lowest BCUT2D eigenvalue weighted by molar-refractivity contribution is -0.161. The summed E-state index contributed by atoms with van der Waals surface area (Å²) in [5.74, 6) is -1.24. The number of benzene rings is 1. The Kier molecular flexibility index (Phi) is 7.75. The van der Waals surface area contributed by atoms with Gasteiger partial charge in [-0.1, -0.05) is 26.0 Å². The maximum atomic E-state index is 12.8. The van der Waals surface area contributed by atoms with Crippen LogP contribution in [0.25, 0.3) is 0 Å². The highest BCUT2D eigenvalue weighted by atomic mass is 32.2. The summed E-state index contributed by atoms with van der Waals surface area (Å²) in [7, 11) is -6.08. The lowest BCUT2D eigenvalue weighted by Gasteiger charge is -2.17. The molecule has 0 saturated carbocycles. The van der Waals surface area contributed by atoms with Gasteiger partial charge in [0.1, 0.15) is 5.75 Å². The number of carbonyl (C=O) groups excluding carboxylic acids is 1. The second-order valence-corrected chi connectivity index (χ2v) is 6.96. The first-order valence-electron chi connectivity index (χ1n) is 7.82. The molecule has 0 aliphatic heterocycles. The van der Waals surface area contributed by atoms with Gasteiger partial charge in [0.2, 0.25) is 0 Å². The fourth-order valence-corrected chi connectivity index (χ4v) is 2.14. The number of hydrogen-bond donors (Lipinski definition) is 0. The zero-order chi connectivity index (χ0) is 19.1. The van der Waals surface area contributed by atoms with E-state index in [4.69, 9.17) is 4.74 Å². The van der Waals surface area contributed by atoms with Crippen LogP contribution in [0.15, 0.2) is 24.3 Å². The Morgan fingerprint density at radius 3 is 2.28 bits per heavy atom. The number of unbranched alkanes of at least 4 members (excludes halogenated alkanes) is 1. The zero-order valence-corrected chi connectivity index (χ0v) is 14.9. The number of esters is 1. The highest BCUT2D eigenvalue weighted by Crippen LogP contribution is 2.23. The Labute approximate surface area is 145 Å². The van der Waals surface area contributed by atoms with Crippen molar-refractivity contribution in [2.45, 2.75) is 44.3 Å². The first-order valence-corrected chi connectivity index (χ1v) is 9.23. The quantitative estimate of drug-likeness (QED) is 0.352. The van der Waals surface area contributed by atoms with E-state index >= 15 is 0 Å². The van der Waals surface area contributed by atoms with E-state index in [0.29, 0.717) is 18.1 Å². The molecular weight excluding hydrogens is 358 g/mol. The van der Waals surface area contributed by atoms with E-state index in [-0.39, 0.29) is 13.0 Å². The van der Waals surface area contributed by atoms with E-state index in [2.05, 4.69) is 18.6 Å². The molecule has 0 aliphatic rings. The van der Waals surface area contributed by atoms with E-state index in [1.54, 1.807) is 0 Å². The number of hydrogen-bond acceptors (Lipinski definition) is 6. The molecule has 1 unspecified atom stereocenters. The van der Waals surface area contributed by atoms with Crippen molar-refractivity contribution in [3.63, 3.8) is 0 Å². The van der Waals surface area contributed by atoms with E-state index in [1.807, 2.05) is 24.3 Å². The van der Waals surface area contributed by atoms with Crippen molar-refractivity contribution in [3.8, 4) is 5.75 Å². The highest BCUT2D eigenvalue weighted by Gasteiger charge is 2.48. The number of ether oxygens (including phenoxy) is 2. The average Bonchev–Trinajstić information content (AvgIpc) is 2.56. The van der Waals surface area contributed by atoms with Gasteiger partial charge in [0.05, 0.1) is 13.2 Å². The minimum atomic E-state index is -6.08. The van der Waals surface area contributed by atoms with Gasteiger partial charge in [-0.2, -0.15) is 8.78 Å². The normalized spacial score (nSPS) is 13.3. The number of rotatable bonds is 10. The van der Waals surface area contributed by atoms with E-state index in [0.717, 1.165) is 6.42 Å². The average molecular weight is 379 g/mol. The number of halogens is 2. The largest absolute Gasteiger partial charge is 0.743 e. The SMILES string of the molecule is CCC(C)c1ccc(OCCCCOC(=O)C(F)(F)S(=O)(=O)[O-])cc1. The van der Waals surface area contributed by atoms with Gasteiger partial charge < -0.3 is 14.0 Å². The van der Waals surface area contributed by atoms with Crippen LogP contribution in [0.4, 0.5) is 8.78 Å². The highest BCUT2D eigenvalue weighted by molar-refractivity contribution is 7.87. The van der Waals surface area contributed by atoms with Crippen LogP contribution in [0.1, 0.15) is 44.6 Å². The van der Waals surface area contributed by atoms with Crippen LogP contribution in [0, 0.1) is 0 Å². The number of carbonyl (C=O) groups is 1. The molecule has 0 fully saturated rings. The molecule has 0 saturated heterocycles. The van der Waals surface area contributed by atoms with Crippen molar-refractivity contribution < 1.29 is 36.0 Å². The van der Waals surface area contributed by atoms with Crippen LogP contribution in [-0.4, -0.2) is 37.4 Å². The zero-order valence-electron chi connectivity index (χ0n) is 14.0. The fourth-order valence-electron chi connectivity index (χ4n) is 1.87. The molecule has 0 bridgehead atoms. The Hall–Kier alpha value is -1.74. The van der Waals surface area contributed by atoms with Crippen LogP contribution in [0.5, 0.6) is 5.75 Å². The van der Waals surface area contributed by atoms with Crippen LogP contribution < -0.4 is 4.74 Å². The fraction of sp³-hybridized carbons (Fsp3) is 0.562. The molecular formula is C16H21F2O6S-. The molecule has 0 N–H and O–H groups in total. The molecule has 25 heavy (non-hydrogen) atoms. The Balaban J connectivity index is 2.28. The molecule has 0 aromatic heterocycles. The standard InChI is InChI=1S/C16H22F2O6S/c1-3-12(2)13-6-8-14(9-7-13)23-10-4-5-11-24-15(19)16(17,18)25(20,21)22/h6-9,12H,3-5,10-11H2,1-2H3,(H,20,21,22)/p-1. The Morgan fingerprint density at radius 2 is 1.76 bits per heavy atom. The summed E-state index contributed by atoms with van der Waals surface area (Å²) in [4.78, 5) is 10.9. The summed E-state index contributed by atoms with van der Waals surface area (Å²) in [6.07, 6.45) is 1.62. The molecule has 1 atom stereocenters. The molecule has 0 heterocycles. The van der Waals surface area contributed by atoms with Gasteiger partial charge in [-0.3, -0.25) is 0 Å². The first kappa shape index (κ1) is 21.3. The van der Waals surface area contributed by atoms with Crippen molar-refractivity contribution in [1.82, 2.24) is 0 Å². The summed E-state index contributed by atoms with van der Waals surface area (Å²) in [6, 6.07) is 7.61. The van der Waals surface area contributed by atoms with Gasteiger partial charge in [0.15, 0.2) is 10.1 Å². The first-order chi connectivity index (χ1) is 11.6. The third-order valence-electron chi connectivity index (χ3n) is 3.65. The molecule has 0 radical (unpaired) electrons. The Morgan fingerprint density at radius 1 is 1.20 bits per heavy atom. The Bertz CT molecular complexity index is 658. The van der Waals surface area contributed by atoms with Gasteiger partial charge in [-0.05, 0) is 42.9 Å². The van der Waals surface area contributed by atoms with E-state index in [1.165, 1.54) is 5.56 Å². The van der Waals surface area contributed by atoms with Gasteiger partial charge >= 0.3 is 11.2 Å². The van der Waals surface area contributed by atoms with E-state index < -0.39 is 27.9 Å². The van der Waals surface area contributed by atoms with Crippen LogP contribution >= 0.6 is 0 Å². The summed E-state index contributed by atoms with van der Waals surface area (Å²) in [5.41, 5.74) is 1.20. The molecule has 1 rings (SSSR count). The lowest BCUT2D eigenvalue weighted by Crippen LogP contribution is -2.39. The second-order valence-electron chi connectivity index (χ2n) is 5.54. The molecule has 0 spiro atoms. The second kappa shape index (κ2) is 9.10. The van der Waals surface area contributed by atoms with Crippen molar-refractivity contribution in [2.75, 3.05) is 13.2 Å². The topological polar surface area (TPSA) is 92.7 Å². The summed E-state index contributed by atoms with van der Waals surface area (Å²) in [5, 5.41) is -5.07. The van der Waals surface area contributed by atoms with Crippen LogP contribution in [0.2, 0.25) is 0 Å². The molecule has 9 heteroatoms. The maximum absolute atomic E-state index is 12.8. The smallest absolute Gasteiger partial charge is 0.428 e. The summed E-state index contributed by atoms with van der Waals surface area (Å²) < 4.78 is 66.0. The molecule has 0 amide bonds. The molecule has 142 valence electrons. The van der Waals surface area contributed by atoms with Crippen LogP contribution in [-0.2, 0) is 19.6 Å². The molecule has 1 aromatic carbocycles. The van der Waals surface area contributed by atoms with E-state index in [9.17, 15) is 26.5 Å². The predicted molar refractivity (Wildman–Crippen MR) is 85.5 cm³/mol. The van der Waals surface area contributed by atoms with Gasteiger partial charge in [0, 0.05) is 0 Å². The van der Waals surface area contributed by atoms with Gasteiger partial charge in [0.25, 0.3) is 0 Å². The van der Waals surface area contributed by atoms with Crippen molar-refractivity contribution >= 4 is 16.1 Å². The van der Waals surface area contributed by atoms with Crippen molar-refractivity contribution in [3.05, 3.63) is 29.8 Å². The minimum Gasteiger partial charge on any atom is -0.743 e. The van der Waals surface area contributed by atoms with Crippen molar-refractivity contribution in [2.24, 2.45) is 0 Å². The third-order valence-corrected chi connectivity index (χ3v) is 4.45. The monoisotopic (exact) mass is 379 g/mol. The molecule has 6 nitrogen and oxygen atoms in total. The molecule has 1 aromatic rings. The summed E-state index contributed by atoms with van der Waals surface area (Å²) in [6.45, 7) is 4.07. The molecule has 0 aliphatic carbocycles. The predicted octanol–water partition coefficient (Wildman–Crippen LogP) is 3.04. The summed E-state index contributed by atoms with van der Waals surface area (Å²) >= 11 is 0. The van der Waals surface area contributed by atoms with Crippen molar-refractivity contribution in [1.29, 1.82) is 0 Å². The van der Waals surface area contributed by atoms with Gasteiger partial charge in [-0.15, -0.1) is 0 Å². The third kappa shape index (κ3) is 6.24. The van der Waals surface area contributed by atoms with Gasteiger partial charge in [-0.25, -0.2) is 13.2 Å².